The van der Waals surface area contributed by atoms with Crippen molar-refractivity contribution in [2.45, 2.75) is 58.3 Å². The number of hydrogen-bond acceptors (Lipinski definition) is 7. The van der Waals surface area contributed by atoms with Crippen LogP contribution in [0.15, 0.2) is 51.0 Å². The number of esters is 1. The van der Waals surface area contributed by atoms with Gasteiger partial charge in [0.1, 0.15) is 17.4 Å². The van der Waals surface area contributed by atoms with Gasteiger partial charge in [0.05, 0.1) is 26.7 Å². The molecule has 1 aliphatic carbocycles. The van der Waals surface area contributed by atoms with Gasteiger partial charge in [0.15, 0.2) is 17.3 Å². The first kappa shape index (κ1) is 24.8. The van der Waals surface area contributed by atoms with Gasteiger partial charge in [-0.1, -0.05) is 19.4 Å². The van der Waals surface area contributed by atoms with Gasteiger partial charge in [-0.15, -0.1) is 0 Å². The van der Waals surface area contributed by atoms with Gasteiger partial charge in [-0.3, -0.25) is 14.6 Å². The number of unbranched alkanes of at least 4 members (excludes halogenated alkanes) is 1. The lowest BCUT2D eigenvalue weighted by molar-refractivity contribution is -0.146. The molecule has 1 unspecified atom stereocenters. The van der Waals surface area contributed by atoms with Crippen molar-refractivity contribution < 1.29 is 28.2 Å². The molecule has 7 nitrogen and oxygen atoms in total. The van der Waals surface area contributed by atoms with Crippen LogP contribution in [0.1, 0.15) is 68.5 Å². The summed E-state index contributed by atoms with van der Waals surface area (Å²) in [5.41, 5.74) is 2.92. The normalized spacial score (nSPS) is 21.9. The van der Waals surface area contributed by atoms with Gasteiger partial charge < -0.3 is 18.6 Å². The third kappa shape index (κ3) is 4.90. The summed E-state index contributed by atoms with van der Waals surface area (Å²) in [6.45, 7) is 6.09. The molecule has 0 radical (unpaired) electrons. The third-order valence-electron chi connectivity index (χ3n) is 6.83. The van der Waals surface area contributed by atoms with E-state index in [0.717, 1.165) is 29.9 Å². The number of hydrogen-bond donors (Lipinski definition) is 0. The highest BCUT2D eigenvalue weighted by Crippen LogP contribution is 2.47. The van der Waals surface area contributed by atoms with Crippen molar-refractivity contribution in [3.63, 3.8) is 0 Å². The van der Waals surface area contributed by atoms with E-state index in [1.54, 1.807) is 14.2 Å². The Morgan fingerprint density at radius 2 is 1.86 bits per heavy atom. The Morgan fingerprint density at radius 1 is 1.09 bits per heavy atom. The SMILES string of the molecule is CCCCOC(=O)C1C(C)=NC2=C(C(=O)C[C@@H](c3ccc(OC)c(OC)c3)C2)[C@@H]1c1ccc(C)o1. The van der Waals surface area contributed by atoms with Crippen LogP contribution < -0.4 is 9.47 Å². The van der Waals surface area contributed by atoms with E-state index in [2.05, 4.69) is 0 Å². The number of benzene rings is 1. The molecule has 2 aromatic rings. The number of allylic oxidation sites excluding steroid dienone is 2. The molecule has 1 aliphatic heterocycles. The Bertz CT molecular complexity index is 1170. The van der Waals surface area contributed by atoms with Crippen LogP contribution in [-0.2, 0) is 14.3 Å². The number of aliphatic imine (C=N–C) groups is 1. The molecule has 2 aliphatic rings. The molecule has 0 saturated carbocycles. The molecular formula is C28H33NO6. The molecule has 0 spiro atoms. The lowest BCUT2D eigenvalue weighted by Gasteiger charge is -2.35. The van der Waals surface area contributed by atoms with Crippen molar-refractivity contribution in [2.75, 3.05) is 20.8 Å². The minimum atomic E-state index is -0.683. The standard InChI is InChI=1S/C28H33NO6/c1-6-7-12-34-28(31)25-17(3)29-20-13-19(18-9-11-22(32-4)24(15-18)33-5)14-21(30)26(20)27(25)23-10-8-16(2)35-23/h8-11,15,19,25,27H,6-7,12-14H2,1-5H3/t19-,25?,27+/m0/s1. The van der Waals surface area contributed by atoms with Crippen LogP contribution >= 0.6 is 0 Å². The highest BCUT2D eigenvalue weighted by molar-refractivity contribution is 6.09. The Labute approximate surface area is 206 Å². The number of carbonyl (C=O) groups is 2. The zero-order valence-electron chi connectivity index (χ0n) is 21.1. The molecule has 1 aromatic heterocycles. The zero-order valence-corrected chi connectivity index (χ0v) is 21.1. The maximum atomic E-state index is 13.6. The summed E-state index contributed by atoms with van der Waals surface area (Å²) in [4.78, 5) is 31.6. The summed E-state index contributed by atoms with van der Waals surface area (Å²) in [5, 5.41) is 0. The monoisotopic (exact) mass is 479 g/mol. The smallest absolute Gasteiger partial charge is 0.315 e. The Kier molecular flexibility index (Phi) is 7.43. The number of rotatable bonds is 8. The molecule has 186 valence electrons. The second-order valence-corrected chi connectivity index (χ2v) is 9.18. The van der Waals surface area contributed by atoms with Crippen LogP contribution in [0.4, 0.5) is 0 Å². The Balaban J connectivity index is 1.71. The average Bonchev–Trinajstić information content (AvgIpc) is 3.28. The molecule has 2 heterocycles. The van der Waals surface area contributed by atoms with Gasteiger partial charge in [-0.05, 0) is 62.4 Å². The Hall–Kier alpha value is -3.35. The van der Waals surface area contributed by atoms with Gasteiger partial charge in [-0.25, -0.2) is 0 Å². The summed E-state index contributed by atoms with van der Waals surface area (Å²) in [6, 6.07) is 9.45. The predicted octanol–water partition coefficient (Wildman–Crippen LogP) is 5.52. The molecule has 7 heteroatoms. The molecule has 0 N–H and O–H groups in total. The van der Waals surface area contributed by atoms with Crippen molar-refractivity contribution in [3.05, 3.63) is 58.7 Å². The van der Waals surface area contributed by atoms with Gasteiger partial charge in [0, 0.05) is 23.4 Å². The van der Waals surface area contributed by atoms with Gasteiger partial charge in [0.25, 0.3) is 0 Å². The minimum absolute atomic E-state index is 0.0207. The molecule has 3 atom stereocenters. The van der Waals surface area contributed by atoms with E-state index in [1.807, 2.05) is 51.1 Å². The second kappa shape index (κ2) is 10.5. The Morgan fingerprint density at radius 3 is 2.51 bits per heavy atom. The molecule has 1 aromatic carbocycles. The zero-order chi connectivity index (χ0) is 25.1. The van der Waals surface area contributed by atoms with Crippen LogP contribution in [0.25, 0.3) is 0 Å². The maximum Gasteiger partial charge on any atom is 0.315 e. The number of Topliss-reactive ketones (excluding diaryl/α,β-unsaturated/α-hetero) is 1. The second-order valence-electron chi connectivity index (χ2n) is 9.18. The van der Waals surface area contributed by atoms with Crippen LogP contribution in [0.3, 0.4) is 0 Å². The highest BCUT2D eigenvalue weighted by atomic mass is 16.5. The number of ketones is 1. The molecule has 4 rings (SSSR count). The third-order valence-corrected chi connectivity index (χ3v) is 6.83. The van der Waals surface area contributed by atoms with Crippen LogP contribution in [0, 0.1) is 12.8 Å². The number of methoxy groups -OCH3 is 2. The predicted molar refractivity (Wildman–Crippen MR) is 132 cm³/mol. The fourth-order valence-corrected chi connectivity index (χ4v) is 5.04. The van der Waals surface area contributed by atoms with Gasteiger partial charge in [-0.2, -0.15) is 0 Å². The lowest BCUT2D eigenvalue weighted by atomic mass is 9.70. The van der Waals surface area contributed by atoms with E-state index in [0.29, 0.717) is 48.0 Å². The van der Waals surface area contributed by atoms with Crippen molar-refractivity contribution >= 4 is 17.5 Å². The molecular weight excluding hydrogens is 446 g/mol. The molecule has 0 amide bonds. The maximum absolute atomic E-state index is 13.6. The first-order chi connectivity index (χ1) is 16.9. The largest absolute Gasteiger partial charge is 0.493 e. The van der Waals surface area contributed by atoms with E-state index >= 15 is 0 Å². The number of furan rings is 1. The minimum Gasteiger partial charge on any atom is -0.493 e. The number of ether oxygens (including phenoxy) is 3. The van der Waals surface area contributed by atoms with Gasteiger partial charge >= 0.3 is 5.97 Å². The van der Waals surface area contributed by atoms with E-state index < -0.39 is 11.8 Å². The summed E-state index contributed by atoms with van der Waals surface area (Å²) in [5.74, 6) is 0.938. The van der Waals surface area contributed by atoms with Crippen molar-refractivity contribution in [3.8, 4) is 11.5 Å². The molecule has 35 heavy (non-hydrogen) atoms. The van der Waals surface area contributed by atoms with E-state index in [1.165, 1.54) is 0 Å². The summed E-state index contributed by atoms with van der Waals surface area (Å²) >= 11 is 0. The van der Waals surface area contributed by atoms with E-state index in [-0.39, 0.29) is 17.7 Å². The highest BCUT2D eigenvalue weighted by Gasteiger charge is 2.46. The van der Waals surface area contributed by atoms with Gasteiger partial charge in [0.2, 0.25) is 0 Å². The lowest BCUT2D eigenvalue weighted by Crippen LogP contribution is -2.38. The number of aryl methyl sites for hydroxylation is 1. The average molecular weight is 480 g/mol. The van der Waals surface area contributed by atoms with Crippen molar-refractivity contribution in [1.82, 2.24) is 0 Å². The first-order valence-electron chi connectivity index (χ1n) is 12.1. The summed E-state index contributed by atoms with van der Waals surface area (Å²) < 4.78 is 22.4. The number of carbonyl (C=O) groups excluding carboxylic acids is 2. The summed E-state index contributed by atoms with van der Waals surface area (Å²) in [6.07, 6.45) is 2.62. The van der Waals surface area contributed by atoms with E-state index in [9.17, 15) is 9.59 Å². The van der Waals surface area contributed by atoms with Crippen LogP contribution in [0.2, 0.25) is 0 Å². The van der Waals surface area contributed by atoms with Crippen LogP contribution in [0.5, 0.6) is 11.5 Å². The topological polar surface area (TPSA) is 87.3 Å². The first-order valence-corrected chi connectivity index (χ1v) is 12.1. The fourth-order valence-electron chi connectivity index (χ4n) is 5.04. The molecule has 0 fully saturated rings. The van der Waals surface area contributed by atoms with Crippen LogP contribution in [-0.4, -0.2) is 38.3 Å². The summed E-state index contributed by atoms with van der Waals surface area (Å²) in [7, 11) is 3.19. The van der Waals surface area contributed by atoms with E-state index in [4.69, 9.17) is 23.6 Å². The number of nitrogens with zero attached hydrogens (tertiary/aromatic N) is 1. The van der Waals surface area contributed by atoms with Crippen molar-refractivity contribution in [1.29, 1.82) is 0 Å². The van der Waals surface area contributed by atoms with Crippen molar-refractivity contribution in [2.24, 2.45) is 10.9 Å². The molecule has 0 saturated heterocycles. The molecule has 0 bridgehead atoms. The quantitative estimate of drug-likeness (QED) is 0.366. The fraction of sp³-hybridized carbons (Fsp3) is 0.464.